The molecule has 0 spiro atoms. The van der Waals surface area contributed by atoms with Crippen molar-refractivity contribution in [3.8, 4) is 0 Å². The average Bonchev–Trinajstić information content (AvgIpc) is 2.83. The maximum atomic E-state index is 12.3. The van der Waals surface area contributed by atoms with Crippen LogP contribution in [0, 0.1) is 0 Å². The third-order valence-electron chi connectivity index (χ3n) is 2.59. The number of halogens is 2. The Morgan fingerprint density at radius 3 is 2.65 bits per heavy atom. The zero-order chi connectivity index (χ0) is 14.8. The van der Waals surface area contributed by atoms with Gasteiger partial charge < -0.3 is 5.73 Å². The molecule has 0 aliphatic rings. The summed E-state index contributed by atoms with van der Waals surface area (Å²) in [6, 6.07) is 8.55. The molecule has 0 unspecified atom stereocenters. The van der Waals surface area contributed by atoms with Crippen molar-refractivity contribution in [2.24, 2.45) is 5.73 Å². The van der Waals surface area contributed by atoms with Crippen molar-refractivity contribution in [1.82, 2.24) is 4.72 Å². The van der Waals surface area contributed by atoms with Crippen molar-refractivity contribution in [3.05, 3.63) is 49.6 Å². The molecular formula is C12H12BrClN2O2S2. The Hall–Kier alpha value is -0.440. The number of nitrogens with two attached hydrogens (primary N) is 1. The van der Waals surface area contributed by atoms with Gasteiger partial charge in [0.25, 0.3) is 0 Å². The van der Waals surface area contributed by atoms with Crippen molar-refractivity contribution < 1.29 is 8.42 Å². The van der Waals surface area contributed by atoms with E-state index in [4.69, 9.17) is 17.3 Å². The van der Waals surface area contributed by atoms with Crippen LogP contribution in [0.25, 0.3) is 0 Å². The summed E-state index contributed by atoms with van der Waals surface area (Å²) in [7, 11) is -3.60. The van der Waals surface area contributed by atoms with Crippen molar-refractivity contribution in [2.75, 3.05) is 0 Å². The number of nitrogens with one attached hydrogen (secondary N) is 1. The molecule has 1 heterocycles. The number of rotatable bonds is 5. The lowest BCUT2D eigenvalue weighted by atomic mass is 10.2. The van der Waals surface area contributed by atoms with Gasteiger partial charge in [0.05, 0.1) is 9.23 Å². The van der Waals surface area contributed by atoms with E-state index in [1.807, 2.05) is 0 Å². The first-order valence-corrected chi connectivity index (χ1v) is 9.12. The predicted octanol–water partition coefficient (Wildman–Crippen LogP) is 3.10. The van der Waals surface area contributed by atoms with E-state index in [2.05, 4.69) is 20.7 Å². The number of sulfonamides is 1. The molecule has 1 aromatic carbocycles. The SMILES string of the molecule is NCc1ccc(Br)c(S(=O)(=O)NCc2ccc(Cl)s2)c1. The third kappa shape index (κ3) is 3.81. The lowest BCUT2D eigenvalue weighted by Crippen LogP contribution is -2.23. The van der Waals surface area contributed by atoms with Crippen LogP contribution in [0.3, 0.4) is 0 Å². The van der Waals surface area contributed by atoms with Gasteiger partial charge in [-0.3, -0.25) is 0 Å². The van der Waals surface area contributed by atoms with E-state index in [-0.39, 0.29) is 18.0 Å². The molecule has 20 heavy (non-hydrogen) atoms. The van der Waals surface area contributed by atoms with Crippen LogP contribution >= 0.6 is 38.9 Å². The van der Waals surface area contributed by atoms with Gasteiger partial charge in [0, 0.05) is 22.4 Å². The molecule has 1 aromatic heterocycles. The Morgan fingerprint density at radius 2 is 2.05 bits per heavy atom. The lowest BCUT2D eigenvalue weighted by molar-refractivity contribution is 0.581. The molecule has 0 aliphatic carbocycles. The molecule has 4 nitrogen and oxygen atoms in total. The fraction of sp³-hybridized carbons (Fsp3) is 0.167. The highest BCUT2D eigenvalue weighted by Crippen LogP contribution is 2.25. The van der Waals surface area contributed by atoms with Gasteiger partial charge in [-0.1, -0.05) is 17.7 Å². The average molecular weight is 396 g/mol. The molecule has 0 saturated carbocycles. The minimum Gasteiger partial charge on any atom is -0.326 e. The van der Waals surface area contributed by atoms with E-state index in [9.17, 15) is 8.42 Å². The van der Waals surface area contributed by atoms with Gasteiger partial charge in [-0.15, -0.1) is 11.3 Å². The maximum Gasteiger partial charge on any atom is 0.242 e. The van der Waals surface area contributed by atoms with E-state index in [1.165, 1.54) is 11.3 Å². The number of hydrogen-bond donors (Lipinski definition) is 2. The normalized spacial score (nSPS) is 11.8. The summed E-state index contributed by atoms with van der Waals surface area (Å²) >= 11 is 10.4. The Labute approximate surface area is 135 Å². The van der Waals surface area contributed by atoms with Crippen molar-refractivity contribution in [2.45, 2.75) is 18.0 Å². The van der Waals surface area contributed by atoms with Gasteiger partial charge in [-0.05, 0) is 45.8 Å². The zero-order valence-electron chi connectivity index (χ0n) is 10.3. The van der Waals surface area contributed by atoms with Crippen LogP contribution < -0.4 is 10.5 Å². The minimum atomic E-state index is -3.60. The summed E-state index contributed by atoms with van der Waals surface area (Å²) in [5.74, 6) is 0. The zero-order valence-corrected chi connectivity index (χ0v) is 14.2. The highest BCUT2D eigenvalue weighted by atomic mass is 79.9. The van der Waals surface area contributed by atoms with E-state index >= 15 is 0 Å². The van der Waals surface area contributed by atoms with Crippen LogP contribution in [0.5, 0.6) is 0 Å². The molecule has 2 rings (SSSR count). The van der Waals surface area contributed by atoms with Crippen LogP contribution in [0.2, 0.25) is 4.34 Å². The number of hydrogen-bond acceptors (Lipinski definition) is 4. The molecule has 0 bridgehead atoms. The fourth-order valence-electron chi connectivity index (χ4n) is 1.57. The summed E-state index contributed by atoms with van der Waals surface area (Å²) in [5.41, 5.74) is 6.29. The molecule has 2 aromatic rings. The van der Waals surface area contributed by atoms with Crippen LogP contribution in [0.4, 0.5) is 0 Å². The lowest BCUT2D eigenvalue weighted by Gasteiger charge is -2.09. The van der Waals surface area contributed by atoms with Crippen molar-refractivity contribution in [1.29, 1.82) is 0 Å². The van der Waals surface area contributed by atoms with Crippen LogP contribution in [-0.2, 0) is 23.1 Å². The van der Waals surface area contributed by atoms with Crippen LogP contribution in [0.1, 0.15) is 10.4 Å². The van der Waals surface area contributed by atoms with Crippen molar-refractivity contribution >= 4 is 48.9 Å². The molecule has 3 N–H and O–H groups in total. The number of thiophene rings is 1. The molecular weight excluding hydrogens is 384 g/mol. The Morgan fingerprint density at radius 1 is 1.30 bits per heavy atom. The first-order chi connectivity index (χ1) is 9.42. The second kappa shape index (κ2) is 6.55. The molecule has 108 valence electrons. The van der Waals surface area contributed by atoms with Crippen LogP contribution in [0.15, 0.2) is 39.7 Å². The van der Waals surface area contributed by atoms with E-state index < -0.39 is 10.0 Å². The van der Waals surface area contributed by atoms with Crippen LogP contribution in [-0.4, -0.2) is 8.42 Å². The molecule has 0 atom stereocenters. The third-order valence-corrected chi connectivity index (χ3v) is 6.21. The second-order valence-electron chi connectivity index (χ2n) is 4.00. The largest absolute Gasteiger partial charge is 0.326 e. The Balaban J connectivity index is 2.21. The Bertz CT molecular complexity index is 716. The monoisotopic (exact) mass is 394 g/mol. The summed E-state index contributed by atoms with van der Waals surface area (Å²) in [6.07, 6.45) is 0. The highest BCUT2D eigenvalue weighted by Gasteiger charge is 2.18. The Kier molecular flexibility index (Phi) is 5.22. The van der Waals surface area contributed by atoms with E-state index in [0.29, 0.717) is 8.81 Å². The van der Waals surface area contributed by atoms with E-state index in [1.54, 1.807) is 30.3 Å². The molecule has 0 radical (unpaired) electrons. The number of benzene rings is 1. The predicted molar refractivity (Wildman–Crippen MR) is 85.4 cm³/mol. The van der Waals surface area contributed by atoms with Gasteiger partial charge in [-0.2, -0.15) is 0 Å². The summed E-state index contributed by atoms with van der Waals surface area (Å²) in [6.45, 7) is 0.495. The summed E-state index contributed by atoms with van der Waals surface area (Å²) in [4.78, 5) is 1.03. The van der Waals surface area contributed by atoms with Gasteiger partial charge in [0.15, 0.2) is 0 Å². The first-order valence-electron chi connectivity index (χ1n) is 5.65. The fourth-order valence-corrected chi connectivity index (χ4v) is 4.71. The molecule has 0 amide bonds. The topological polar surface area (TPSA) is 72.2 Å². The van der Waals surface area contributed by atoms with Gasteiger partial charge in [0.1, 0.15) is 0 Å². The quantitative estimate of drug-likeness (QED) is 0.817. The highest BCUT2D eigenvalue weighted by molar-refractivity contribution is 9.10. The second-order valence-corrected chi connectivity index (χ2v) is 8.39. The maximum absolute atomic E-state index is 12.3. The molecule has 0 saturated heterocycles. The minimum absolute atomic E-state index is 0.183. The molecule has 0 fully saturated rings. The first kappa shape index (κ1) is 15.9. The van der Waals surface area contributed by atoms with Gasteiger partial charge in [-0.25, -0.2) is 13.1 Å². The standard InChI is InChI=1S/C12H12BrClN2O2S2/c13-10-3-1-8(6-15)5-11(10)20(17,18)16-7-9-2-4-12(14)19-9/h1-5,16H,6-7,15H2. The van der Waals surface area contributed by atoms with E-state index in [0.717, 1.165) is 10.4 Å². The molecule has 8 heteroatoms. The van der Waals surface area contributed by atoms with Gasteiger partial charge >= 0.3 is 0 Å². The van der Waals surface area contributed by atoms with Crippen molar-refractivity contribution in [3.63, 3.8) is 0 Å². The van der Waals surface area contributed by atoms with Gasteiger partial charge in [0.2, 0.25) is 10.0 Å². The summed E-state index contributed by atoms with van der Waals surface area (Å²) < 4.78 is 28.3. The summed E-state index contributed by atoms with van der Waals surface area (Å²) in [5, 5.41) is 0. The molecule has 0 aliphatic heterocycles. The smallest absolute Gasteiger partial charge is 0.242 e.